The first-order valence-electron chi connectivity index (χ1n) is 4.17. The molecular weight excluding hydrogens is 172 g/mol. The van der Waals surface area contributed by atoms with E-state index in [1.165, 1.54) is 24.8 Å². The monoisotopic (exact) mass is 184 g/mol. The summed E-state index contributed by atoms with van der Waals surface area (Å²) in [5.41, 5.74) is 0. The van der Waals surface area contributed by atoms with Gasteiger partial charge in [0, 0.05) is 5.75 Å². The van der Waals surface area contributed by atoms with Crippen molar-refractivity contribution >= 4 is 11.8 Å². The third-order valence-electron chi connectivity index (χ3n) is 2.10. The Morgan fingerprint density at radius 1 is 1.67 bits per heavy atom. The standard InChI is InChI=1S/C8H12N2OS/c11-8-4-9-10(5-8)7-2-1-3-12-6-7/h4-5,7,11H,1-3,6H2. The quantitative estimate of drug-likeness (QED) is 0.721. The van der Waals surface area contributed by atoms with Crippen LogP contribution in [-0.2, 0) is 0 Å². The number of nitrogens with zero attached hydrogens (tertiary/aromatic N) is 2. The zero-order valence-corrected chi connectivity index (χ0v) is 7.63. The largest absolute Gasteiger partial charge is 0.505 e. The first kappa shape index (κ1) is 7.98. The maximum absolute atomic E-state index is 9.09. The lowest BCUT2D eigenvalue weighted by Gasteiger charge is -2.21. The van der Waals surface area contributed by atoms with Crippen molar-refractivity contribution in [1.82, 2.24) is 9.78 Å². The van der Waals surface area contributed by atoms with Gasteiger partial charge in [0.15, 0.2) is 5.75 Å². The van der Waals surface area contributed by atoms with Gasteiger partial charge in [0.1, 0.15) is 0 Å². The molecule has 1 aliphatic rings. The fraction of sp³-hybridized carbons (Fsp3) is 0.625. The Bertz CT molecular complexity index is 255. The van der Waals surface area contributed by atoms with Crippen LogP contribution in [0.5, 0.6) is 5.75 Å². The molecular formula is C8H12N2OS. The van der Waals surface area contributed by atoms with Crippen LogP contribution in [0.25, 0.3) is 0 Å². The molecule has 12 heavy (non-hydrogen) atoms. The summed E-state index contributed by atoms with van der Waals surface area (Å²) < 4.78 is 1.88. The molecule has 1 saturated heterocycles. The fourth-order valence-corrected chi connectivity index (χ4v) is 2.59. The van der Waals surface area contributed by atoms with Gasteiger partial charge >= 0.3 is 0 Å². The predicted molar refractivity (Wildman–Crippen MR) is 49.5 cm³/mol. The molecule has 0 bridgehead atoms. The number of hydrogen-bond acceptors (Lipinski definition) is 3. The minimum atomic E-state index is 0.269. The molecule has 1 aromatic heterocycles. The van der Waals surface area contributed by atoms with E-state index in [4.69, 9.17) is 5.11 Å². The summed E-state index contributed by atoms with van der Waals surface area (Å²) in [6, 6.07) is 0.490. The fourth-order valence-electron chi connectivity index (χ4n) is 1.46. The highest BCUT2D eigenvalue weighted by atomic mass is 32.2. The molecule has 1 N–H and O–H groups in total. The van der Waals surface area contributed by atoms with Gasteiger partial charge in [-0.05, 0) is 18.6 Å². The van der Waals surface area contributed by atoms with Gasteiger partial charge in [-0.1, -0.05) is 0 Å². The Morgan fingerprint density at radius 3 is 3.17 bits per heavy atom. The predicted octanol–water partition coefficient (Wildman–Crippen LogP) is 1.66. The van der Waals surface area contributed by atoms with Crippen LogP contribution < -0.4 is 0 Å². The first-order valence-corrected chi connectivity index (χ1v) is 5.32. The van der Waals surface area contributed by atoms with Gasteiger partial charge in [0.2, 0.25) is 0 Å². The summed E-state index contributed by atoms with van der Waals surface area (Å²) in [7, 11) is 0. The molecule has 0 spiro atoms. The van der Waals surface area contributed by atoms with Crippen molar-refractivity contribution in [3.8, 4) is 5.75 Å². The Balaban J connectivity index is 2.08. The van der Waals surface area contributed by atoms with Crippen LogP contribution in [0.4, 0.5) is 0 Å². The van der Waals surface area contributed by atoms with E-state index in [1.54, 1.807) is 6.20 Å². The van der Waals surface area contributed by atoms with Crippen molar-refractivity contribution < 1.29 is 5.11 Å². The molecule has 0 aromatic carbocycles. The maximum Gasteiger partial charge on any atom is 0.153 e. The van der Waals surface area contributed by atoms with Crippen molar-refractivity contribution in [1.29, 1.82) is 0 Å². The van der Waals surface area contributed by atoms with Gasteiger partial charge < -0.3 is 5.11 Å². The molecule has 1 fully saturated rings. The van der Waals surface area contributed by atoms with Crippen molar-refractivity contribution in [2.24, 2.45) is 0 Å². The third-order valence-corrected chi connectivity index (χ3v) is 3.30. The lowest BCUT2D eigenvalue weighted by atomic mass is 10.2. The van der Waals surface area contributed by atoms with Crippen LogP contribution in [0.1, 0.15) is 18.9 Å². The smallest absolute Gasteiger partial charge is 0.153 e. The van der Waals surface area contributed by atoms with Crippen molar-refractivity contribution in [3.63, 3.8) is 0 Å². The summed E-state index contributed by atoms with van der Waals surface area (Å²) in [5, 5.41) is 13.2. The molecule has 0 aliphatic carbocycles. The van der Waals surface area contributed by atoms with Gasteiger partial charge in [0.05, 0.1) is 18.4 Å². The van der Waals surface area contributed by atoms with Crippen molar-refractivity contribution in [3.05, 3.63) is 12.4 Å². The van der Waals surface area contributed by atoms with Crippen LogP contribution in [-0.4, -0.2) is 26.4 Å². The Morgan fingerprint density at radius 2 is 2.58 bits per heavy atom. The van der Waals surface area contributed by atoms with E-state index < -0.39 is 0 Å². The second-order valence-corrected chi connectivity index (χ2v) is 4.20. The van der Waals surface area contributed by atoms with Gasteiger partial charge in [-0.2, -0.15) is 16.9 Å². The highest BCUT2D eigenvalue weighted by molar-refractivity contribution is 7.99. The van der Waals surface area contributed by atoms with E-state index >= 15 is 0 Å². The summed E-state index contributed by atoms with van der Waals surface area (Å²) in [4.78, 5) is 0. The molecule has 1 aromatic rings. The summed E-state index contributed by atoms with van der Waals surface area (Å²) in [5.74, 6) is 2.66. The Kier molecular flexibility index (Phi) is 2.26. The summed E-state index contributed by atoms with van der Waals surface area (Å²) >= 11 is 1.96. The Hall–Kier alpha value is -0.640. The number of aromatic nitrogens is 2. The zero-order valence-electron chi connectivity index (χ0n) is 6.81. The second-order valence-electron chi connectivity index (χ2n) is 3.05. The van der Waals surface area contributed by atoms with Crippen LogP contribution in [0.2, 0.25) is 0 Å². The van der Waals surface area contributed by atoms with E-state index in [0.29, 0.717) is 6.04 Å². The van der Waals surface area contributed by atoms with Gasteiger partial charge in [0.25, 0.3) is 0 Å². The lowest BCUT2D eigenvalue weighted by Crippen LogP contribution is -2.16. The Labute approximate surface area is 75.8 Å². The van der Waals surface area contributed by atoms with Crippen LogP contribution >= 0.6 is 11.8 Å². The highest BCUT2D eigenvalue weighted by Gasteiger charge is 2.15. The molecule has 1 aliphatic heterocycles. The molecule has 2 rings (SSSR count). The minimum absolute atomic E-state index is 0.269. The molecule has 66 valence electrons. The first-order chi connectivity index (χ1) is 5.86. The normalized spacial score (nSPS) is 24.2. The van der Waals surface area contributed by atoms with E-state index in [0.717, 1.165) is 5.75 Å². The molecule has 4 heteroatoms. The van der Waals surface area contributed by atoms with Crippen LogP contribution in [0.3, 0.4) is 0 Å². The zero-order chi connectivity index (χ0) is 8.39. The molecule has 1 atom stereocenters. The SMILES string of the molecule is Oc1cnn(C2CCCSC2)c1. The van der Waals surface area contributed by atoms with E-state index in [9.17, 15) is 0 Å². The number of hydrogen-bond donors (Lipinski definition) is 1. The van der Waals surface area contributed by atoms with Crippen LogP contribution in [0, 0.1) is 0 Å². The topological polar surface area (TPSA) is 38.1 Å². The number of thioether (sulfide) groups is 1. The van der Waals surface area contributed by atoms with Gasteiger partial charge in [-0.25, -0.2) is 0 Å². The molecule has 0 saturated carbocycles. The average Bonchev–Trinajstić information content (AvgIpc) is 2.54. The summed E-state index contributed by atoms with van der Waals surface area (Å²) in [6.45, 7) is 0. The van der Waals surface area contributed by atoms with Gasteiger partial charge in [-0.15, -0.1) is 0 Å². The van der Waals surface area contributed by atoms with Crippen LogP contribution in [0.15, 0.2) is 12.4 Å². The van der Waals surface area contributed by atoms with E-state index in [1.807, 2.05) is 16.4 Å². The summed E-state index contributed by atoms with van der Waals surface area (Å²) in [6.07, 6.45) is 5.65. The maximum atomic E-state index is 9.09. The van der Waals surface area contributed by atoms with E-state index in [-0.39, 0.29) is 5.75 Å². The minimum Gasteiger partial charge on any atom is -0.505 e. The average molecular weight is 184 g/mol. The van der Waals surface area contributed by atoms with Gasteiger partial charge in [-0.3, -0.25) is 4.68 Å². The molecule has 3 nitrogen and oxygen atoms in total. The molecule has 1 unspecified atom stereocenters. The molecule has 2 heterocycles. The third kappa shape index (κ3) is 1.58. The van der Waals surface area contributed by atoms with Crippen molar-refractivity contribution in [2.75, 3.05) is 11.5 Å². The second kappa shape index (κ2) is 3.39. The number of aromatic hydroxyl groups is 1. The molecule has 0 radical (unpaired) electrons. The molecule has 0 amide bonds. The lowest BCUT2D eigenvalue weighted by molar-refractivity contribution is 0.445. The highest BCUT2D eigenvalue weighted by Crippen LogP contribution is 2.26. The van der Waals surface area contributed by atoms with Crippen molar-refractivity contribution in [2.45, 2.75) is 18.9 Å². The number of rotatable bonds is 1. The van der Waals surface area contributed by atoms with E-state index in [2.05, 4.69) is 5.10 Å².